The minimum atomic E-state index is 0.487. The number of fused-ring (bicyclic) bond motifs is 1. The van der Waals surface area contributed by atoms with Crippen LogP contribution in [0.25, 0.3) is 11.0 Å². The van der Waals surface area contributed by atoms with Crippen LogP contribution in [0.15, 0.2) is 65.1 Å². The zero-order valence-corrected chi connectivity index (χ0v) is 19.3. The largest absolute Gasteiger partial charge is 0.493 e. The molecule has 0 bridgehead atoms. The predicted octanol–water partition coefficient (Wildman–Crippen LogP) is 5.55. The molecule has 0 spiro atoms. The Kier molecular flexibility index (Phi) is 6.89. The standard InChI is InChI=1S/C25H26BrN3O2/c1-17-6-5-7-18(14-17)16-31-25-19(20(26)10-11-23(25)30-2)15-27-13-12-24-28-21-8-3-4-9-22(21)29-24/h3-11,14,27H,12-13,15-16H2,1-2H3,(H,28,29). The van der Waals surface area contributed by atoms with Crippen molar-refractivity contribution in [2.75, 3.05) is 13.7 Å². The molecule has 3 aromatic carbocycles. The summed E-state index contributed by atoms with van der Waals surface area (Å²) >= 11 is 3.67. The van der Waals surface area contributed by atoms with Crippen LogP contribution in [-0.2, 0) is 19.6 Å². The van der Waals surface area contributed by atoms with Gasteiger partial charge in [-0.15, -0.1) is 0 Å². The third-order valence-electron chi connectivity index (χ3n) is 5.13. The number of rotatable bonds is 9. The molecule has 160 valence electrons. The number of aromatic nitrogens is 2. The third-order valence-corrected chi connectivity index (χ3v) is 5.87. The van der Waals surface area contributed by atoms with E-state index in [1.54, 1.807) is 7.11 Å². The Morgan fingerprint density at radius 2 is 1.94 bits per heavy atom. The van der Waals surface area contributed by atoms with Gasteiger partial charge >= 0.3 is 0 Å². The second-order valence-electron chi connectivity index (χ2n) is 7.46. The van der Waals surface area contributed by atoms with Crippen molar-refractivity contribution in [2.45, 2.75) is 26.5 Å². The van der Waals surface area contributed by atoms with Crippen molar-refractivity contribution in [1.29, 1.82) is 0 Å². The fraction of sp³-hybridized carbons (Fsp3) is 0.240. The first kappa shape index (κ1) is 21.4. The van der Waals surface area contributed by atoms with Gasteiger partial charge in [0.25, 0.3) is 0 Å². The lowest BCUT2D eigenvalue weighted by atomic mass is 10.1. The summed E-state index contributed by atoms with van der Waals surface area (Å²) in [6, 6.07) is 20.3. The van der Waals surface area contributed by atoms with Gasteiger partial charge in [0.05, 0.1) is 18.1 Å². The van der Waals surface area contributed by atoms with Crippen LogP contribution < -0.4 is 14.8 Å². The molecule has 0 saturated heterocycles. The Labute approximate surface area is 190 Å². The van der Waals surface area contributed by atoms with Gasteiger partial charge in [-0.05, 0) is 36.8 Å². The van der Waals surface area contributed by atoms with Crippen molar-refractivity contribution < 1.29 is 9.47 Å². The topological polar surface area (TPSA) is 59.2 Å². The summed E-state index contributed by atoms with van der Waals surface area (Å²) in [5, 5.41) is 3.51. The van der Waals surface area contributed by atoms with Gasteiger partial charge in [-0.1, -0.05) is 57.9 Å². The first-order chi connectivity index (χ1) is 15.1. The molecule has 0 amide bonds. The number of para-hydroxylation sites is 2. The molecule has 4 aromatic rings. The van der Waals surface area contributed by atoms with Gasteiger partial charge in [-0.2, -0.15) is 0 Å². The van der Waals surface area contributed by atoms with E-state index in [9.17, 15) is 0 Å². The fourth-order valence-electron chi connectivity index (χ4n) is 3.57. The van der Waals surface area contributed by atoms with Gasteiger partial charge in [-0.3, -0.25) is 0 Å². The van der Waals surface area contributed by atoms with E-state index < -0.39 is 0 Å². The molecule has 4 rings (SSSR count). The maximum atomic E-state index is 6.22. The number of hydrogen-bond acceptors (Lipinski definition) is 4. The van der Waals surface area contributed by atoms with Gasteiger partial charge in [0.15, 0.2) is 11.5 Å². The number of imidazole rings is 1. The molecule has 0 aliphatic rings. The molecule has 2 N–H and O–H groups in total. The van der Waals surface area contributed by atoms with Gasteiger partial charge in [0.2, 0.25) is 0 Å². The lowest BCUT2D eigenvalue weighted by molar-refractivity contribution is 0.280. The summed E-state index contributed by atoms with van der Waals surface area (Å²) in [6.45, 7) is 4.02. The zero-order chi connectivity index (χ0) is 21.6. The Morgan fingerprint density at radius 3 is 2.74 bits per heavy atom. The molecular formula is C25H26BrN3O2. The van der Waals surface area contributed by atoms with E-state index in [1.807, 2.05) is 42.5 Å². The van der Waals surface area contributed by atoms with E-state index in [0.717, 1.165) is 56.9 Å². The number of halogens is 1. The van der Waals surface area contributed by atoms with Crippen molar-refractivity contribution in [1.82, 2.24) is 15.3 Å². The van der Waals surface area contributed by atoms with Gasteiger partial charge in [-0.25, -0.2) is 4.98 Å². The average molecular weight is 480 g/mol. The monoisotopic (exact) mass is 479 g/mol. The molecule has 1 heterocycles. The molecular weight excluding hydrogens is 454 g/mol. The van der Waals surface area contributed by atoms with E-state index in [2.05, 4.69) is 56.3 Å². The molecule has 0 fully saturated rings. The Hall–Kier alpha value is -2.83. The lowest BCUT2D eigenvalue weighted by Gasteiger charge is -2.17. The van der Waals surface area contributed by atoms with Crippen LogP contribution in [0, 0.1) is 6.92 Å². The SMILES string of the molecule is COc1ccc(Br)c(CNCCc2nc3ccccc3[nH]2)c1OCc1cccc(C)c1. The van der Waals surface area contributed by atoms with Gasteiger partial charge in [0.1, 0.15) is 12.4 Å². The number of ether oxygens (including phenoxy) is 2. The van der Waals surface area contributed by atoms with Crippen molar-refractivity contribution in [3.63, 3.8) is 0 Å². The Bertz CT molecular complexity index is 1140. The second kappa shape index (κ2) is 9.98. The molecule has 6 heteroatoms. The summed E-state index contributed by atoms with van der Waals surface area (Å²) in [4.78, 5) is 8.01. The molecule has 5 nitrogen and oxygen atoms in total. The molecule has 0 aliphatic heterocycles. The molecule has 0 aliphatic carbocycles. The number of hydrogen-bond donors (Lipinski definition) is 2. The molecule has 0 radical (unpaired) electrons. The van der Waals surface area contributed by atoms with Crippen molar-refractivity contribution in [2.24, 2.45) is 0 Å². The number of H-pyrrole nitrogens is 1. The van der Waals surface area contributed by atoms with E-state index in [4.69, 9.17) is 9.47 Å². The highest BCUT2D eigenvalue weighted by atomic mass is 79.9. The summed E-state index contributed by atoms with van der Waals surface area (Å²) in [5.74, 6) is 2.47. The molecule has 31 heavy (non-hydrogen) atoms. The first-order valence-corrected chi connectivity index (χ1v) is 11.1. The summed E-state index contributed by atoms with van der Waals surface area (Å²) in [7, 11) is 1.67. The van der Waals surface area contributed by atoms with Crippen LogP contribution >= 0.6 is 15.9 Å². The molecule has 1 aromatic heterocycles. The number of methoxy groups -OCH3 is 1. The van der Waals surface area contributed by atoms with Crippen molar-refractivity contribution >= 4 is 27.0 Å². The summed E-state index contributed by atoms with van der Waals surface area (Å²) in [5.41, 5.74) is 5.46. The predicted molar refractivity (Wildman–Crippen MR) is 128 cm³/mol. The molecule has 0 unspecified atom stereocenters. The van der Waals surface area contributed by atoms with E-state index >= 15 is 0 Å². The minimum absolute atomic E-state index is 0.487. The fourth-order valence-corrected chi connectivity index (χ4v) is 4.02. The van der Waals surface area contributed by atoms with E-state index in [0.29, 0.717) is 13.2 Å². The number of aromatic amines is 1. The smallest absolute Gasteiger partial charge is 0.167 e. The van der Waals surface area contributed by atoms with Crippen LogP contribution in [0.3, 0.4) is 0 Å². The Morgan fingerprint density at radius 1 is 1.06 bits per heavy atom. The second-order valence-corrected chi connectivity index (χ2v) is 8.32. The molecule has 0 atom stereocenters. The van der Waals surface area contributed by atoms with Crippen LogP contribution in [0.4, 0.5) is 0 Å². The minimum Gasteiger partial charge on any atom is -0.493 e. The highest BCUT2D eigenvalue weighted by Gasteiger charge is 2.15. The van der Waals surface area contributed by atoms with Gasteiger partial charge in [0, 0.05) is 29.5 Å². The zero-order valence-electron chi connectivity index (χ0n) is 17.7. The number of benzene rings is 3. The van der Waals surface area contributed by atoms with Crippen LogP contribution in [0.1, 0.15) is 22.5 Å². The van der Waals surface area contributed by atoms with Crippen LogP contribution in [-0.4, -0.2) is 23.6 Å². The highest BCUT2D eigenvalue weighted by Crippen LogP contribution is 2.36. The average Bonchev–Trinajstić information content (AvgIpc) is 3.19. The number of nitrogens with zero attached hydrogens (tertiary/aromatic N) is 1. The maximum absolute atomic E-state index is 6.22. The van der Waals surface area contributed by atoms with Gasteiger partial charge < -0.3 is 19.8 Å². The van der Waals surface area contributed by atoms with Crippen LogP contribution in [0.2, 0.25) is 0 Å². The van der Waals surface area contributed by atoms with Crippen molar-refractivity contribution in [3.8, 4) is 11.5 Å². The number of aryl methyl sites for hydroxylation is 1. The summed E-state index contributed by atoms with van der Waals surface area (Å²) in [6.07, 6.45) is 0.815. The Balaban J connectivity index is 1.42. The lowest BCUT2D eigenvalue weighted by Crippen LogP contribution is -2.18. The third kappa shape index (κ3) is 5.27. The van der Waals surface area contributed by atoms with Crippen LogP contribution in [0.5, 0.6) is 11.5 Å². The molecule has 0 saturated carbocycles. The number of nitrogens with one attached hydrogen (secondary N) is 2. The highest BCUT2D eigenvalue weighted by molar-refractivity contribution is 9.10. The normalized spacial score (nSPS) is 11.1. The van der Waals surface area contributed by atoms with Crippen molar-refractivity contribution in [3.05, 3.63) is 87.7 Å². The quantitative estimate of drug-likeness (QED) is 0.308. The maximum Gasteiger partial charge on any atom is 0.167 e. The van der Waals surface area contributed by atoms with E-state index in [-0.39, 0.29) is 0 Å². The summed E-state index contributed by atoms with van der Waals surface area (Å²) < 4.78 is 12.8. The first-order valence-electron chi connectivity index (χ1n) is 10.3. The van der Waals surface area contributed by atoms with E-state index in [1.165, 1.54) is 5.56 Å².